The number of aromatic nitrogens is 3. The molecule has 0 aliphatic carbocycles. The zero-order valence-electron chi connectivity index (χ0n) is 16.2. The number of hydrogen-bond donors (Lipinski definition) is 0. The Labute approximate surface area is 163 Å². The van der Waals surface area contributed by atoms with Crippen LogP contribution in [0.15, 0.2) is 38.2 Å². The molecule has 0 bridgehead atoms. The van der Waals surface area contributed by atoms with Crippen molar-refractivity contribution in [1.82, 2.24) is 19.6 Å². The SMILES string of the molecule is Cc1cccc(OCc2nc(CCN(C)S(=O)(=O)c3c(C)noc3C)no2)c1. The van der Waals surface area contributed by atoms with Crippen LogP contribution in [-0.4, -0.2) is 41.6 Å². The highest BCUT2D eigenvalue weighted by atomic mass is 32.2. The molecule has 0 saturated carbocycles. The van der Waals surface area contributed by atoms with Crippen molar-refractivity contribution in [3.05, 3.63) is 53.0 Å². The minimum atomic E-state index is -3.70. The Morgan fingerprint density at radius 3 is 2.61 bits per heavy atom. The zero-order valence-corrected chi connectivity index (χ0v) is 17.0. The Kier molecular flexibility index (Phi) is 5.80. The maximum atomic E-state index is 12.7. The van der Waals surface area contributed by atoms with E-state index < -0.39 is 10.0 Å². The topological polar surface area (TPSA) is 112 Å². The summed E-state index contributed by atoms with van der Waals surface area (Å²) in [5.74, 6) is 1.71. The van der Waals surface area contributed by atoms with Gasteiger partial charge >= 0.3 is 0 Å². The minimum absolute atomic E-state index is 0.0929. The van der Waals surface area contributed by atoms with Crippen LogP contribution in [0, 0.1) is 20.8 Å². The maximum Gasteiger partial charge on any atom is 0.264 e. The van der Waals surface area contributed by atoms with Gasteiger partial charge in [0.2, 0.25) is 10.0 Å². The molecule has 0 amide bonds. The summed E-state index contributed by atoms with van der Waals surface area (Å²) in [6.07, 6.45) is 0.299. The molecule has 0 aliphatic rings. The number of likely N-dealkylation sites (N-methyl/N-ethyl adjacent to an activating group) is 1. The van der Waals surface area contributed by atoms with E-state index in [0.717, 1.165) is 5.56 Å². The molecular weight excluding hydrogens is 384 g/mol. The molecule has 3 rings (SSSR count). The van der Waals surface area contributed by atoms with E-state index in [1.165, 1.54) is 11.4 Å². The summed E-state index contributed by atoms with van der Waals surface area (Å²) in [6, 6.07) is 7.63. The molecule has 0 saturated heterocycles. The Morgan fingerprint density at radius 2 is 1.93 bits per heavy atom. The van der Waals surface area contributed by atoms with Gasteiger partial charge in [0, 0.05) is 20.0 Å². The molecule has 1 aromatic carbocycles. The average Bonchev–Trinajstić information content (AvgIpc) is 3.24. The number of ether oxygens (including phenoxy) is 1. The third kappa shape index (κ3) is 4.39. The van der Waals surface area contributed by atoms with Crippen LogP contribution in [-0.2, 0) is 23.1 Å². The third-order valence-corrected chi connectivity index (χ3v) is 6.25. The first-order chi connectivity index (χ1) is 13.3. The molecule has 0 unspecified atom stereocenters. The number of rotatable bonds is 8. The van der Waals surface area contributed by atoms with Gasteiger partial charge in [-0.05, 0) is 38.5 Å². The van der Waals surface area contributed by atoms with Gasteiger partial charge in [-0.3, -0.25) is 0 Å². The molecule has 0 aliphatic heterocycles. The highest BCUT2D eigenvalue weighted by Gasteiger charge is 2.28. The first kappa shape index (κ1) is 20.0. The van der Waals surface area contributed by atoms with Gasteiger partial charge in [0.25, 0.3) is 5.89 Å². The lowest BCUT2D eigenvalue weighted by Gasteiger charge is -2.15. The number of hydrogen-bond acceptors (Lipinski definition) is 8. The molecule has 28 heavy (non-hydrogen) atoms. The van der Waals surface area contributed by atoms with Gasteiger partial charge < -0.3 is 13.8 Å². The van der Waals surface area contributed by atoms with Crippen LogP contribution in [0.5, 0.6) is 5.75 Å². The van der Waals surface area contributed by atoms with Crippen LogP contribution >= 0.6 is 0 Å². The maximum absolute atomic E-state index is 12.7. The number of aryl methyl sites for hydroxylation is 3. The highest BCUT2D eigenvalue weighted by Crippen LogP contribution is 2.22. The molecule has 0 fully saturated rings. The van der Waals surface area contributed by atoms with Gasteiger partial charge in [0.15, 0.2) is 18.2 Å². The fraction of sp³-hybridized carbons (Fsp3) is 0.389. The molecule has 0 radical (unpaired) electrons. The third-order valence-electron chi connectivity index (χ3n) is 4.15. The molecule has 0 spiro atoms. The van der Waals surface area contributed by atoms with E-state index in [-0.39, 0.29) is 23.8 Å². The molecule has 0 N–H and O–H groups in total. The van der Waals surface area contributed by atoms with Gasteiger partial charge in [-0.25, -0.2) is 12.7 Å². The largest absolute Gasteiger partial charge is 0.484 e. The molecule has 10 heteroatoms. The summed E-state index contributed by atoms with van der Waals surface area (Å²) in [5, 5.41) is 7.58. The van der Waals surface area contributed by atoms with Crippen molar-refractivity contribution in [2.24, 2.45) is 0 Å². The number of nitrogens with zero attached hydrogens (tertiary/aromatic N) is 4. The molecular formula is C18H22N4O5S. The van der Waals surface area contributed by atoms with E-state index >= 15 is 0 Å². The Morgan fingerprint density at radius 1 is 1.14 bits per heavy atom. The van der Waals surface area contributed by atoms with Crippen molar-refractivity contribution in [2.45, 2.75) is 38.7 Å². The number of sulfonamides is 1. The number of benzene rings is 1. The van der Waals surface area contributed by atoms with Crippen molar-refractivity contribution < 1.29 is 22.2 Å². The second-order valence-corrected chi connectivity index (χ2v) is 8.42. The Balaban J connectivity index is 1.58. The molecule has 150 valence electrons. The predicted octanol–water partition coefficient (Wildman–Crippen LogP) is 2.43. The van der Waals surface area contributed by atoms with Gasteiger partial charge in [0.1, 0.15) is 16.3 Å². The molecule has 3 aromatic rings. The minimum Gasteiger partial charge on any atom is -0.484 e. The fourth-order valence-electron chi connectivity index (χ4n) is 2.68. The van der Waals surface area contributed by atoms with E-state index in [2.05, 4.69) is 15.3 Å². The quantitative estimate of drug-likeness (QED) is 0.561. The van der Waals surface area contributed by atoms with Crippen LogP contribution in [0.25, 0.3) is 0 Å². The molecule has 2 aromatic heterocycles. The van der Waals surface area contributed by atoms with E-state index in [1.54, 1.807) is 13.8 Å². The van der Waals surface area contributed by atoms with Crippen LogP contribution in [0.1, 0.15) is 28.7 Å². The van der Waals surface area contributed by atoms with Crippen LogP contribution in [0.4, 0.5) is 0 Å². The summed E-state index contributed by atoms with van der Waals surface area (Å²) < 4.78 is 42.3. The second-order valence-electron chi connectivity index (χ2n) is 6.44. The fourth-order valence-corrected chi connectivity index (χ4v) is 4.13. The summed E-state index contributed by atoms with van der Waals surface area (Å²) >= 11 is 0. The van der Waals surface area contributed by atoms with Crippen LogP contribution in [0.3, 0.4) is 0 Å². The van der Waals surface area contributed by atoms with E-state index in [0.29, 0.717) is 29.6 Å². The van der Waals surface area contributed by atoms with Crippen molar-refractivity contribution in [1.29, 1.82) is 0 Å². The predicted molar refractivity (Wildman–Crippen MR) is 99.3 cm³/mol. The van der Waals surface area contributed by atoms with E-state index in [4.69, 9.17) is 13.8 Å². The lowest BCUT2D eigenvalue weighted by atomic mass is 10.2. The zero-order chi connectivity index (χ0) is 20.3. The van der Waals surface area contributed by atoms with E-state index in [9.17, 15) is 8.42 Å². The highest BCUT2D eigenvalue weighted by molar-refractivity contribution is 7.89. The summed E-state index contributed by atoms with van der Waals surface area (Å²) in [6.45, 7) is 5.47. The molecule has 2 heterocycles. The standard InChI is InChI=1S/C18H22N4O5S/c1-12-6-5-7-15(10-12)25-11-17-19-16(21-27-17)8-9-22(4)28(23,24)18-13(2)20-26-14(18)3/h5-7,10H,8-9,11H2,1-4H3. The lowest BCUT2D eigenvalue weighted by molar-refractivity contribution is 0.242. The molecule has 0 atom stereocenters. The average molecular weight is 406 g/mol. The first-order valence-corrected chi connectivity index (χ1v) is 10.1. The van der Waals surface area contributed by atoms with Crippen molar-refractivity contribution in [3.8, 4) is 5.75 Å². The monoisotopic (exact) mass is 406 g/mol. The van der Waals surface area contributed by atoms with Crippen molar-refractivity contribution >= 4 is 10.0 Å². The van der Waals surface area contributed by atoms with Crippen molar-refractivity contribution in [3.63, 3.8) is 0 Å². The smallest absolute Gasteiger partial charge is 0.264 e. The van der Waals surface area contributed by atoms with Gasteiger partial charge in [-0.15, -0.1) is 0 Å². The Bertz CT molecular complexity index is 1040. The van der Waals surface area contributed by atoms with E-state index in [1.807, 2.05) is 31.2 Å². The normalized spacial score (nSPS) is 11.9. The second kappa shape index (κ2) is 8.11. The summed E-state index contributed by atoms with van der Waals surface area (Å²) in [7, 11) is -2.22. The van der Waals surface area contributed by atoms with Gasteiger partial charge in [-0.1, -0.05) is 22.4 Å². The van der Waals surface area contributed by atoms with Gasteiger partial charge in [0.05, 0.1) is 0 Å². The van der Waals surface area contributed by atoms with Crippen LogP contribution < -0.4 is 4.74 Å². The molecule has 9 nitrogen and oxygen atoms in total. The first-order valence-electron chi connectivity index (χ1n) is 8.67. The summed E-state index contributed by atoms with van der Waals surface area (Å²) in [5.41, 5.74) is 1.42. The van der Waals surface area contributed by atoms with Gasteiger partial charge in [-0.2, -0.15) is 4.98 Å². The van der Waals surface area contributed by atoms with Crippen LogP contribution in [0.2, 0.25) is 0 Å². The summed E-state index contributed by atoms with van der Waals surface area (Å²) in [4.78, 5) is 4.34. The lowest BCUT2D eigenvalue weighted by Crippen LogP contribution is -2.30. The van der Waals surface area contributed by atoms with Crippen molar-refractivity contribution in [2.75, 3.05) is 13.6 Å². The Hall–Kier alpha value is -2.72.